The molecule has 2 amide bonds. The Morgan fingerprint density at radius 1 is 1.14 bits per heavy atom. The molecule has 0 radical (unpaired) electrons. The van der Waals surface area contributed by atoms with Crippen LogP contribution in [0.3, 0.4) is 0 Å². The van der Waals surface area contributed by atoms with Crippen LogP contribution < -0.4 is 20.6 Å². The van der Waals surface area contributed by atoms with Crippen LogP contribution in [0.5, 0.6) is 5.75 Å². The number of aromatic carboxylic acids is 1. The van der Waals surface area contributed by atoms with Gasteiger partial charge in [0.25, 0.3) is 11.8 Å². The zero-order valence-electron chi connectivity index (χ0n) is 23.1. The zero-order valence-corrected chi connectivity index (χ0v) is 23.9. The van der Waals surface area contributed by atoms with E-state index in [0.717, 1.165) is 6.07 Å². The molecule has 1 aliphatic heterocycles. The Morgan fingerprint density at radius 2 is 1.84 bits per heavy atom. The maximum absolute atomic E-state index is 14.4. The molecule has 3 aromatic rings. The monoisotopic (exact) mass is 610 g/mol. The molecule has 0 atom stereocenters. The molecule has 1 N–H and O–H groups in total. The van der Waals surface area contributed by atoms with Crippen molar-refractivity contribution in [1.82, 2.24) is 14.8 Å². The van der Waals surface area contributed by atoms with E-state index in [1.54, 1.807) is 14.2 Å². The number of methoxy groups -OCH3 is 1. The van der Waals surface area contributed by atoms with Gasteiger partial charge in [0.15, 0.2) is 5.69 Å². The van der Waals surface area contributed by atoms with Crippen molar-refractivity contribution in [3.8, 4) is 5.75 Å². The average molecular weight is 611 g/mol. The molecule has 2 aromatic carbocycles. The number of esters is 1. The van der Waals surface area contributed by atoms with E-state index in [0.29, 0.717) is 19.4 Å². The fourth-order valence-corrected chi connectivity index (χ4v) is 5.96. The van der Waals surface area contributed by atoms with Gasteiger partial charge in [-0.1, -0.05) is 35.9 Å². The highest BCUT2D eigenvalue weighted by Crippen LogP contribution is 2.48. The van der Waals surface area contributed by atoms with Gasteiger partial charge >= 0.3 is 5.97 Å². The lowest BCUT2D eigenvalue weighted by Crippen LogP contribution is -2.60. The van der Waals surface area contributed by atoms with Crippen LogP contribution in [0.4, 0.5) is 4.39 Å². The summed E-state index contributed by atoms with van der Waals surface area (Å²) in [6, 6.07) is 9.06. The number of fused-ring (bicyclic) bond motifs is 2. The third-order valence-corrected chi connectivity index (χ3v) is 8.03. The number of amides is 2. The van der Waals surface area contributed by atoms with E-state index >= 15 is 0 Å². The lowest BCUT2D eigenvalue weighted by molar-refractivity contribution is -0.255. The molecule has 1 saturated carbocycles. The van der Waals surface area contributed by atoms with E-state index in [9.17, 15) is 33.5 Å². The number of aromatic nitrogens is 1. The Morgan fingerprint density at radius 3 is 2.53 bits per heavy atom. The summed E-state index contributed by atoms with van der Waals surface area (Å²) >= 11 is 5.84. The minimum atomic E-state index is -1.53. The van der Waals surface area contributed by atoms with Gasteiger partial charge in [-0.3, -0.25) is 14.4 Å². The standard InChI is InChI=1S/C30H27ClFN3O8/c1-34-15-30(10-16(11-30)14-42-2)35-13-20(26(37)33-12-19-7-4-8-21(31)22(19)32)24(36)25(23(35)27(34)38)43-29(41)18-6-3-5-17(9-18)28(39)40/h3-9,13,16H,10-12,14-15H2,1-2H3,(H,33,37)(H,39,40)/p-1. The number of benzene rings is 2. The Bertz CT molecular complexity index is 1720. The molecule has 2 heterocycles. The van der Waals surface area contributed by atoms with E-state index in [4.69, 9.17) is 21.1 Å². The minimum Gasteiger partial charge on any atom is -0.545 e. The summed E-state index contributed by atoms with van der Waals surface area (Å²) in [6.07, 6.45) is 2.36. The van der Waals surface area contributed by atoms with Gasteiger partial charge in [0, 0.05) is 45.6 Å². The summed E-state index contributed by atoms with van der Waals surface area (Å²) in [5, 5.41) is 13.7. The number of hydrogen-bond acceptors (Lipinski definition) is 8. The molecule has 0 unspecified atom stereocenters. The van der Waals surface area contributed by atoms with Crippen molar-refractivity contribution in [2.75, 3.05) is 27.3 Å². The number of nitrogens with zero attached hydrogens (tertiary/aromatic N) is 2. The van der Waals surface area contributed by atoms with Crippen LogP contribution in [0, 0.1) is 11.7 Å². The number of halogens is 2. The maximum Gasteiger partial charge on any atom is 0.343 e. The molecule has 2 aliphatic rings. The minimum absolute atomic E-state index is 0.0769. The number of carboxylic acid groups (broad SMARTS) is 1. The summed E-state index contributed by atoms with van der Waals surface area (Å²) in [4.78, 5) is 66.5. The maximum atomic E-state index is 14.4. The van der Waals surface area contributed by atoms with Gasteiger partial charge in [-0.25, -0.2) is 9.18 Å². The Balaban J connectivity index is 1.59. The molecule has 224 valence electrons. The number of carboxylic acids is 1. The molecular formula is C30H26ClFN3O8-. The van der Waals surface area contributed by atoms with Gasteiger partial charge in [-0.2, -0.15) is 0 Å². The first-order valence-electron chi connectivity index (χ1n) is 13.2. The zero-order chi connectivity index (χ0) is 31.1. The molecule has 43 heavy (non-hydrogen) atoms. The van der Waals surface area contributed by atoms with Crippen molar-refractivity contribution < 1.29 is 38.1 Å². The van der Waals surface area contributed by atoms with Crippen molar-refractivity contribution in [2.45, 2.75) is 24.9 Å². The predicted molar refractivity (Wildman–Crippen MR) is 149 cm³/mol. The molecule has 1 aromatic heterocycles. The van der Waals surface area contributed by atoms with Gasteiger partial charge in [-0.15, -0.1) is 0 Å². The van der Waals surface area contributed by atoms with E-state index in [-0.39, 0.29) is 46.4 Å². The number of carbonyl (C=O) groups excluding carboxylic acids is 4. The van der Waals surface area contributed by atoms with Gasteiger partial charge < -0.3 is 34.2 Å². The number of carbonyl (C=O) groups is 4. The summed E-state index contributed by atoms with van der Waals surface area (Å²) < 4.78 is 26.7. The smallest absolute Gasteiger partial charge is 0.343 e. The predicted octanol–water partition coefficient (Wildman–Crippen LogP) is 1.99. The normalized spacial score (nSPS) is 19.0. The first-order chi connectivity index (χ1) is 20.5. The number of ether oxygens (including phenoxy) is 2. The van der Waals surface area contributed by atoms with Crippen molar-refractivity contribution in [3.05, 3.63) is 97.7 Å². The second kappa shape index (κ2) is 11.6. The summed E-state index contributed by atoms with van der Waals surface area (Å²) in [5.74, 6) is -5.44. The number of hydrogen-bond donors (Lipinski definition) is 1. The van der Waals surface area contributed by atoms with Gasteiger partial charge in [0.1, 0.15) is 11.4 Å². The largest absolute Gasteiger partial charge is 0.545 e. The van der Waals surface area contributed by atoms with Crippen LogP contribution in [0.15, 0.2) is 53.5 Å². The van der Waals surface area contributed by atoms with Crippen molar-refractivity contribution >= 4 is 35.4 Å². The van der Waals surface area contributed by atoms with Gasteiger partial charge in [0.2, 0.25) is 11.2 Å². The Kier molecular flexibility index (Phi) is 8.08. The number of nitrogens with one attached hydrogen (secondary N) is 1. The van der Waals surface area contributed by atoms with Gasteiger partial charge in [0.05, 0.1) is 22.1 Å². The highest BCUT2D eigenvalue weighted by molar-refractivity contribution is 6.30. The topological polar surface area (TPSA) is 147 Å². The van der Waals surface area contributed by atoms with Crippen LogP contribution in [0.1, 0.15) is 60.0 Å². The van der Waals surface area contributed by atoms with Crippen molar-refractivity contribution in [3.63, 3.8) is 0 Å². The molecule has 1 fully saturated rings. The first-order valence-corrected chi connectivity index (χ1v) is 13.6. The molecule has 0 bridgehead atoms. The lowest BCUT2D eigenvalue weighted by atomic mass is 9.67. The summed E-state index contributed by atoms with van der Waals surface area (Å²) in [7, 11) is 3.13. The third kappa shape index (κ3) is 5.51. The Labute approximate surface area is 249 Å². The highest BCUT2D eigenvalue weighted by Gasteiger charge is 2.52. The van der Waals surface area contributed by atoms with E-state index < -0.39 is 51.9 Å². The Hall–Kier alpha value is -4.55. The third-order valence-electron chi connectivity index (χ3n) is 7.74. The SMILES string of the molecule is COCC1CC2(C1)CN(C)C(=O)c1c(OC(=O)c3cccc(C(=O)[O-])c3)c(=O)c(C(=O)NCc3cccc(Cl)c3F)cn12. The van der Waals surface area contributed by atoms with Crippen molar-refractivity contribution in [1.29, 1.82) is 0 Å². The van der Waals surface area contributed by atoms with Crippen molar-refractivity contribution in [2.24, 2.45) is 5.92 Å². The molecule has 11 nitrogen and oxygen atoms in total. The van der Waals surface area contributed by atoms with Gasteiger partial charge in [-0.05, 0) is 42.5 Å². The van der Waals surface area contributed by atoms with E-state index in [2.05, 4.69) is 5.32 Å². The quantitative estimate of drug-likeness (QED) is 0.381. The van der Waals surface area contributed by atoms with Crippen LogP contribution in [-0.2, 0) is 16.8 Å². The molecule has 5 rings (SSSR count). The fraction of sp³-hybridized carbons (Fsp3) is 0.300. The second-order valence-corrected chi connectivity index (χ2v) is 11.1. The second-order valence-electron chi connectivity index (χ2n) is 10.7. The van der Waals surface area contributed by atoms with E-state index in [1.807, 2.05) is 0 Å². The molecule has 13 heteroatoms. The summed E-state index contributed by atoms with van der Waals surface area (Å²) in [6.45, 7) is 0.419. The average Bonchev–Trinajstić information content (AvgIpc) is 2.96. The molecule has 1 aliphatic carbocycles. The highest BCUT2D eigenvalue weighted by atomic mass is 35.5. The number of likely N-dealkylation sites (N-methyl/N-ethyl adjacent to an activating group) is 1. The van der Waals surface area contributed by atoms with E-state index in [1.165, 1.54) is 52.1 Å². The molecule has 1 spiro atoms. The first kappa shape index (κ1) is 29.9. The number of pyridine rings is 1. The molecule has 0 saturated heterocycles. The van der Waals surface area contributed by atoms with Crippen LogP contribution in [0.25, 0.3) is 0 Å². The summed E-state index contributed by atoms with van der Waals surface area (Å²) in [5.41, 5.74) is -2.89. The fourth-order valence-electron chi connectivity index (χ4n) is 5.77. The van der Waals surface area contributed by atoms with Crippen LogP contribution in [0.2, 0.25) is 5.02 Å². The van der Waals surface area contributed by atoms with Crippen LogP contribution in [-0.4, -0.2) is 60.5 Å². The van der Waals surface area contributed by atoms with Crippen LogP contribution >= 0.6 is 11.6 Å². The number of rotatable bonds is 8. The molecular weight excluding hydrogens is 585 g/mol. The lowest BCUT2D eigenvalue weighted by Gasteiger charge is -2.54.